The van der Waals surface area contributed by atoms with Crippen molar-refractivity contribution in [2.45, 2.75) is 31.7 Å². The minimum atomic E-state index is -0.843. The Morgan fingerprint density at radius 3 is 2.69 bits per heavy atom. The lowest BCUT2D eigenvalue weighted by molar-refractivity contribution is -0.141. The fourth-order valence-corrected chi connectivity index (χ4v) is 4.84. The Morgan fingerprint density at radius 2 is 1.97 bits per heavy atom. The molecular formula is C24H26N4O6S. The minimum Gasteiger partial charge on any atom is -0.468 e. The average Bonchev–Trinajstić information content (AvgIpc) is 3.54. The summed E-state index contributed by atoms with van der Waals surface area (Å²) in [6.07, 6.45) is 1.46. The number of piperidine rings is 1. The molecule has 0 bridgehead atoms. The van der Waals surface area contributed by atoms with Crippen molar-refractivity contribution in [3.63, 3.8) is 0 Å². The summed E-state index contributed by atoms with van der Waals surface area (Å²) in [4.78, 5) is 54.8. The Hall–Kier alpha value is -3.73. The first-order valence-electron chi connectivity index (χ1n) is 11.2. The summed E-state index contributed by atoms with van der Waals surface area (Å²) in [5.74, 6) is -1.19. The molecule has 1 aromatic carbocycles. The molecule has 1 aliphatic rings. The van der Waals surface area contributed by atoms with Gasteiger partial charge >= 0.3 is 5.97 Å². The number of ether oxygens (including phenoxy) is 1. The molecule has 35 heavy (non-hydrogen) atoms. The van der Waals surface area contributed by atoms with Gasteiger partial charge in [-0.3, -0.25) is 19.2 Å². The maximum Gasteiger partial charge on any atom is 0.325 e. The SMILES string of the molecule is COC(=O)CNC(=O)C(C)NC(=O)c1csc(C2CCN(C(=O)c3cc4ccccc4o3)CC2)n1. The lowest BCUT2D eigenvalue weighted by Crippen LogP contribution is -2.46. The first kappa shape index (κ1) is 24.4. The molecule has 4 rings (SSSR count). The minimum absolute atomic E-state index is 0.127. The van der Waals surface area contributed by atoms with Crippen LogP contribution in [0.4, 0.5) is 0 Å². The molecule has 1 atom stereocenters. The lowest BCUT2D eigenvalue weighted by atomic mass is 9.97. The molecule has 2 N–H and O–H groups in total. The number of esters is 1. The van der Waals surface area contributed by atoms with Crippen LogP contribution in [0.25, 0.3) is 11.0 Å². The van der Waals surface area contributed by atoms with Gasteiger partial charge < -0.3 is 24.7 Å². The summed E-state index contributed by atoms with van der Waals surface area (Å²) < 4.78 is 10.2. The standard InChI is InChI=1S/C24H26N4O6S/c1-14(21(30)25-12-20(29)33-2)26-22(31)17-13-35-23(27-17)15-7-9-28(10-8-15)24(32)19-11-16-5-3-4-6-18(16)34-19/h3-6,11,13-15H,7-10,12H2,1-2H3,(H,25,30)(H,26,31). The lowest BCUT2D eigenvalue weighted by Gasteiger charge is -2.30. The Kier molecular flexibility index (Phi) is 7.45. The van der Waals surface area contributed by atoms with Crippen LogP contribution in [0.1, 0.15) is 51.7 Å². The fraction of sp³-hybridized carbons (Fsp3) is 0.375. The van der Waals surface area contributed by atoms with Gasteiger partial charge in [0.05, 0.1) is 12.1 Å². The maximum atomic E-state index is 12.9. The van der Waals surface area contributed by atoms with Crippen LogP contribution in [0.2, 0.25) is 0 Å². The van der Waals surface area contributed by atoms with E-state index < -0.39 is 23.8 Å². The van der Waals surface area contributed by atoms with Crippen LogP contribution >= 0.6 is 11.3 Å². The molecule has 0 spiro atoms. The molecule has 0 aliphatic carbocycles. The van der Waals surface area contributed by atoms with Crippen molar-refractivity contribution >= 4 is 46.0 Å². The topological polar surface area (TPSA) is 131 Å². The number of rotatable bonds is 7. The summed E-state index contributed by atoms with van der Waals surface area (Å²) in [5, 5.41) is 8.36. The number of methoxy groups -OCH3 is 1. The number of fused-ring (bicyclic) bond motifs is 1. The number of benzene rings is 1. The highest BCUT2D eigenvalue weighted by molar-refractivity contribution is 7.09. The zero-order valence-corrected chi connectivity index (χ0v) is 20.2. The molecule has 184 valence electrons. The number of carbonyl (C=O) groups is 4. The Balaban J connectivity index is 1.29. The van der Waals surface area contributed by atoms with Gasteiger partial charge in [-0.1, -0.05) is 18.2 Å². The van der Waals surface area contributed by atoms with Crippen molar-refractivity contribution in [3.8, 4) is 0 Å². The molecule has 1 aliphatic heterocycles. The van der Waals surface area contributed by atoms with Crippen LogP contribution in [-0.2, 0) is 14.3 Å². The number of hydrogen-bond donors (Lipinski definition) is 2. The second-order valence-corrected chi connectivity index (χ2v) is 9.16. The van der Waals surface area contributed by atoms with Crippen molar-refractivity contribution < 1.29 is 28.3 Å². The van der Waals surface area contributed by atoms with Crippen molar-refractivity contribution in [3.05, 3.63) is 52.2 Å². The number of nitrogens with one attached hydrogen (secondary N) is 2. The van der Waals surface area contributed by atoms with Crippen LogP contribution in [0.5, 0.6) is 0 Å². The van der Waals surface area contributed by atoms with Gasteiger partial charge in [-0.2, -0.15) is 0 Å². The van der Waals surface area contributed by atoms with E-state index in [1.165, 1.54) is 25.4 Å². The third kappa shape index (κ3) is 5.68. The highest BCUT2D eigenvalue weighted by Crippen LogP contribution is 2.31. The normalized spacial score (nSPS) is 15.0. The number of hydrogen-bond acceptors (Lipinski definition) is 8. The number of furan rings is 1. The van der Waals surface area contributed by atoms with Crippen molar-refractivity contribution in [2.24, 2.45) is 0 Å². The number of amides is 3. The van der Waals surface area contributed by atoms with E-state index in [1.54, 1.807) is 16.3 Å². The highest BCUT2D eigenvalue weighted by Gasteiger charge is 2.28. The van der Waals surface area contributed by atoms with E-state index in [0.717, 1.165) is 23.2 Å². The maximum absolute atomic E-state index is 12.9. The molecule has 11 heteroatoms. The van der Waals surface area contributed by atoms with E-state index >= 15 is 0 Å². The van der Waals surface area contributed by atoms with Crippen molar-refractivity contribution in [1.29, 1.82) is 0 Å². The van der Waals surface area contributed by atoms with E-state index in [0.29, 0.717) is 24.4 Å². The molecule has 0 saturated carbocycles. The van der Waals surface area contributed by atoms with E-state index in [2.05, 4.69) is 20.4 Å². The second-order valence-electron chi connectivity index (χ2n) is 8.28. The van der Waals surface area contributed by atoms with E-state index in [4.69, 9.17) is 4.42 Å². The smallest absolute Gasteiger partial charge is 0.325 e. The number of para-hydroxylation sites is 1. The molecule has 1 fully saturated rings. The largest absolute Gasteiger partial charge is 0.468 e. The molecule has 2 aromatic heterocycles. The van der Waals surface area contributed by atoms with Crippen LogP contribution in [0.15, 0.2) is 40.1 Å². The van der Waals surface area contributed by atoms with Gasteiger partial charge in [-0.15, -0.1) is 11.3 Å². The van der Waals surface area contributed by atoms with Crippen molar-refractivity contribution in [2.75, 3.05) is 26.7 Å². The van der Waals surface area contributed by atoms with Gasteiger partial charge in [-0.05, 0) is 31.9 Å². The third-order valence-corrected chi connectivity index (χ3v) is 6.91. The summed E-state index contributed by atoms with van der Waals surface area (Å²) in [5.41, 5.74) is 0.924. The van der Waals surface area contributed by atoms with Gasteiger partial charge in [-0.25, -0.2) is 4.98 Å². The second kappa shape index (κ2) is 10.7. The fourth-order valence-electron chi connectivity index (χ4n) is 3.87. The van der Waals surface area contributed by atoms with Crippen LogP contribution in [0.3, 0.4) is 0 Å². The molecule has 3 heterocycles. The molecule has 10 nitrogen and oxygen atoms in total. The predicted octanol–water partition coefficient (Wildman–Crippen LogP) is 2.32. The van der Waals surface area contributed by atoms with E-state index in [-0.39, 0.29) is 24.1 Å². The van der Waals surface area contributed by atoms with Crippen LogP contribution < -0.4 is 10.6 Å². The van der Waals surface area contributed by atoms with Gasteiger partial charge in [0.2, 0.25) is 5.91 Å². The molecule has 3 aromatic rings. The summed E-state index contributed by atoms with van der Waals surface area (Å²) in [6, 6.07) is 8.45. The zero-order valence-electron chi connectivity index (χ0n) is 19.4. The Labute approximate surface area is 205 Å². The average molecular weight is 499 g/mol. The monoisotopic (exact) mass is 498 g/mol. The van der Waals surface area contributed by atoms with Crippen molar-refractivity contribution in [1.82, 2.24) is 20.5 Å². The number of likely N-dealkylation sites (tertiary alicyclic amines) is 1. The molecule has 3 amide bonds. The number of thiazole rings is 1. The number of aromatic nitrogens is 1. The van der Waals surface area contributed by atoms with Gasteiger partial charge in [0.15, 0.2) is 5.76 Å². The van der Waals surface area contributed by atoms with Gasteiger partial charge in [0.1, 0.15) is 23.9 Å². The zero-order chi connectivity index (χ0) is 24.9. The quantitative estimate of drug-likeness (QED) is 0.478. The molecule has 1 unspecified atom stereocenters. The molecule has 1 saturated heterocycles. The van der Waals surface area contributed by atoms with Crippen LogP contribution in [-0.4, -0.2) is 66.4 Å². The Bertz CT molecular complexity index is 1210. The summed E-state index contributed by atoms with van der Waals surface area (Å²) in [7, 11) is 1.22. The third-order valence-electron chi connectivity index (χ3n) is 5.90. The Morgan fingerprint density at radius 1 is 1.23 bits per heavy atom. The number of carbonyl (C=O) groups excluding carboxylic acids is 4. The first-order chi connectivity index (χ1) is 16.9. The van der Waals surface area contributed by atoms with E-state index in [1.807, 2.05) is 24.3 Å². The van der Waals surface area contributed by atoms with Crippen LogP contribution in [0, 0.1) is 0 Å². The van der Waals surface area contributed by atoms with E-state index in [9.17, 15) is 19.2 Å². The highest BCUT2D eigenvalue weighted by atomic mass is 32.1. The summed E-state index contributed by atoms with van der Waals surface area (Å²) >= 11 is 1.39. The summed E-state index contributed by atoms with van der Waals surface area (Å²) in [6.45, 7) is 2.39. The van der Waals surface area contributed by atoms with Gasteiger partial charge in [0.25, 0.3) is 11.8 Å². The molecule has 0 radical (unpaired) electrons. The van der Waals surface area contributed by atoms with Gasteiger partial charge in [0, 0.05) is 29.8 Å². The predicted molar refractivity (Wildman–Crippen MR) is 128 cm³/mol. The molecular weight excluding hydrogens is 472 g/mol. The number of nitrogens with zero attached hydrogens (tertiary/aromatic N) is 2. The first-order valence-corrected chi connectivity index (χ1v) is 12.1.